The molecule has 0 unspecified atom stereocenters. The Bertz CT molecular complexity index is 346. The van der Waals surface area contributed by atoms with Crippen molar-refractivity contribution >= 4 is 11.6 Å². The molecule has 76 valence electrons. The fourth-order valence-electron chi connectivity index (χ4n) is 1.85. The molecule has 1 aliphatic rings. The number of phenols is 1. The van der Waals surface area contributed by atoms with E-state index in [2.05, 4.69) is 5.32 Å². The van der Waals surface area contributed by atoms with Crippen molar-refractivity contribution in [2.75, 3.05) is 6.54 Å². The second kappa shape index (κ2) is 3.44. The zero-order valence-corrected chi connectivity index (χ0v) is 9.15. The molecule has 0 radical (unpaired) electrons. The predicted octanol–water partition coefficient (Wildman–Crippen LogP) is 2.70. The Kier molecular flexibility index (Phi) is 2.41. The summed E-state index contributed by atoms with van der Waals surface area (Å²) in [5, 5.41) is 14.0. The first-order valence-electron chi connectivity index (χ1n) is 4.83. The minimum atomic E-state index is 0.285. The van der Waals surface area contributed by atoms with Gasteiger partial charge in [-0.2, -0.15) is 0 Å². The van der Waals surface area contributed by atoms with Crippen LogP contribution in [0.5, 0.6) is 5.75 Å². The van der Waals surface area contributed by atoms with Crippen LogP contribution in [0.25, 0.3) is 0 Å². The number of aryl methyl sites for hydroxylation is 1. The van der Waals surface area contributed by atoms with E-state index >= 15 is 0 Å². The van der Waals surface area contributed by atoms with Crippen LogP contribution < -0.4 is 5.32 Å². The molecule has 0 saturated carbocycles. The van der Waals surface area contributed by atoms with E-state index in [1.54, 1.807) is 0 Å². The quantitative estimate of drug-likeness (QED) is 0.749. The summed E-state index contributed by atoms with van der Waals surface area (Å²) in [6.45, 7) is 4.86. The number of hydrogen-bond donors (Lipinski definition) is 2. The summed E-state index contributed by atoms with van der Waals surface area (Å²) in [5.74, 6) is 0.393. The first-order chi connectivity index (χ1) is 6.61. The zero-order chi connectivity index (χ0) is 10.3. The van der Waals surface area contributed by atoms with Crippen molar-refractivity contribution in [2.24, 2.45) is 0 Å². The van der Waals surface area contributed by atoms with Crippen LogP contribution in [0, 0.1) is 13.8 Å². The second-order valence-electron chi connectivity index (χ2n) is 3.86. The number of rotatable bonds is 1. The SMILES string of the molecule is Cc1cc(Cl)c(C)c([C@@H]2CCN2)c1O. The summed E-state index contributed by atoms with van der Waals surface area (Å²) in [4.78, 5) is 0. The highest BCUT2D eigenvalue weighted by Crippen LogP contribution is 2.38. The summed E-state index contributed by atoms with van der Waals surface area (Å²) in [6, 6.07) is 2.10. The van der Waals surface area contributed by atoms with Gasteiger partial charge in [0.2, 0.25) is 0 Å². The van der Waals surface area contributed by atoms with Gasteiger partial charge in [0.25, 0.3) is 0 Å². The van der Waals surface area contributed by atoms with Crippen molar-refractivity contribution in [1.82, 2.24) is 5.32 Å². The molecule has 1 saturated heterocycles. The number of halogens is 1. The van der Waals surface area contributed by atoms with Crippen molar-refractivity contribution in [3.8, 4) is 5.75 Å². The summed E-state index contributed by atoms with van der Waals surface area (Å²) in [6.07, 6.45) is 1.08. The van der Waals surface area contributed by atoms with Crippen molar-refractivity contribution < 1.29 is 5.11 Å². The second-order valence-corrected chi connectivity index (χ2v) is 4.27. The van der Waals surface area contributed by atoms with E-state index in [4.69, 9.17) is 11.6 Å². The van der Waals surface area contributed by atoms with Gasteiger partial charge in [-0.25, -0.2) is 0 Å². The van der Waals surface area contributed by atoms with E-state index < -0.39 is 0 Å². The first kappa shape index (κ1) is 9.81. The van der Waals surface area contributed by atoms with Crippen LogP contribution in [0.3, 0.4) is 0 Å². The van der Waals surface area contributed by atoms with Gasteiger partial charge in [-0.3, -0.25) is 0 Å². The van der Waals surface area contributed by atoms with Gasteiger partial charge in [-0.05, 0) is 44.0 Å². The molecule has 3 heteroatoms. The van der Waals surface area contributed by atoms with Gasteiger partial charge in [-0.1, -0.05) is 11.6 Å². The van der Waals surface area contributed by atoms with Crippen molar-refractivity contribution in [2.45, 2.75) is 26.3 Å². The van der Waals surface area contributed by atoms with E-state index in [1.807, 2.05) is 19.9 Å². The normalized spacial score (nSPS) is 20.6. The van der Waals surface area contributed by atoms with Crippen LogP contribution in [0.15, 0.2) is 6.07 Å². The average Bonchev–Trinajstić information content (AvgIpc) is 2.06. The Hall–Kier alpha value is -0.730. The van der Waals surface area contributed by atoms with Crippen molar-refractivity contribution in [3.05, 3.63) is 27.8 Å². The van der Waals surface area contributed by atoms with Crippen LogP contribution in [0.2, 0.25) is 5.02 Å². The maximum absolute atomic E-state index is 9.94. The zero-order valence-electron chi connectivity index (χ0n) is 8.39. The smallest absolute Gasteiger partial charge is 0.123 e. The fraction of sp³-hybridized carbons (Fsp3) is 0.455. The van der Waals surface area contributed by atoms with E-state index in [0.717, 1.165) is 34.7 Å². The minimum Gasteiger partial charge on any atom is -0.507 e. The van der Waals surface area contributed by atoms with E-state index in [-0.39, 0.29) is 6.04 Å². The molecular weight excluding hydrogens is 198 g/mol. The molecule has 0 bridgehead atoms. The standard InChI is InChI=1S/C11H14ClNO/c1-6-5-8(12)7(2)10(11(6)14)9-3-4-13-9/h5,9,13-14H,3-4H2,1-2H3/t9-/m0/s1. The number of hydrogen-bond acceptors (Lipinski definition) is 2. The molecule has 0 aromatic heterocycles. The Balaban J connectivity index is 2.54. The third-order valence-electron chi connectivity index (χ3n) is 2.91. The highest BCUT2D eigenvalue weighted by molar-refractivity contribution is 6.31. The summed E-state index contributed by atoms with van der Waals surface area (Å²) < 4.78 is 0. The van der Waals surface area contributed by atoms with E-state index in [9.17, 15) is 5.11 Å². The lowest BCUT2D eigenvalue weighted by molar-refractivity contribution is 0.362. The number of nitrogens with one attached hydrogen (secondary N) is 1. The molecule has 1 aromatic carbocycles. The van der Waals surface area contributed by atoms with Crippen LogP contribution in [-0.2, 0) is 0 Å². The Morgan fingerprint density at radius 3 is 2.64 bits per heavy atom. The van der Waals surface area contributed by atoms with Gasteiger partial charge < -0.3 is 10.4 Å². The maximum atomic E-state index is 9.94. The van der Waals surface area contributed by atoms with Gasteiger partial charge in [0.1, 0.15) is 5.75 Å². The molecule has 2 rings (SSSR count). The Morgan fingerprint density at radius 2 is 2.14 bits per heavy atom. The minimum absolute atomic E-state index is 0.285. The van der Waals surface area contributed by atoms with Crippen LogP contribution >= 0.6 is 11.6 Å². The summed E-state index contributed by atoms with van der Waals surface area (Å²) in [7, 11) is 0. The van der Waals surface area contributed by atoms with Crippen molar-refractivity contribution in [1.29, 1.82) is 0 Å². The van der Waals surface area contributed by atoms with Gasteiger partial charge in [0, 0.05) is 16.6 Å². The molecule has 0 aliphatic carbocycles. The monoisotopic (exact) mass is 211 g/mol. The largest absolute Gasteiger partial charge is 0.507 e. The van der Waals surface area contributed by atoms with Crippen molar-refractivity contribution in [3.63, 3.8) is 0 Å². The molecule has 1 aliphatic heterocycles. The molecule has 1 aromatic rings. The number of phenolic OH excluding ortho intramolecular Hbond substituents is 1. The molecule has 0 spiro atoms. The maximum Gasteiger partial charge on any atom is 0.123 e. The molecule has 2 nitrogen and oxygen atoms in total. The van der Waals surface area contributed by atoms with Gasteiger partial charge >= 0.3 is 0 Å². The molecular formula is C11H14ClNO. The van der Waals surface area contributed by atoms with Gasteiger partial charge in [0.15, 0.2) is 0 Å². The highest BCUT2D eigenvalue weighted by Gasteiger charge is 2.25. The van der Waals surface area contributed by atoms with Gasteiger partial charge in [0.05, 0.1) is 0 Å². The first-order valence-corrected chi connectivity index (χ1v) is 5.21. The lowest BCUT2D eigenvalue weighted by atomic mass is 9.91. The lowest BCUT2D eigenvalue weighted by Gasteiger charge is -2.30. The molecule has 0 amide bonds. The topological polar surface area (TPSA) is 32.3 Å². The third-order valence-corrected chi connectivity index (χ3v) is 3.30. The Labute approximate surface area is 88.9 Å². The van der Waals surface area contributed by atoms with Crippen LogP contribution in [-0.4, -0.2) is 11.7 Å². The molecule has 14 heavy (non-hydrogen) atoms. The predicted molar refractivity (Wildman–Crippen MR) is 58.0 cm³/mol. The molecule has 2 N–H and O–H groups in total. The average molecular weight is 212 g/mol. The van der Waals surface area contributed by atoms with E-state index in [1.165, 1.54) is 0 Å². The molecule has 1 heterocycles. The fourth-order valence-corrected chi connectivity index (χ4v) is 2.11. The third kappa shape index (κ3) is 1.39. The van der Waals surface area contributed by atoms with E-state index in [0.29, 0.717) is 5.75 Å². The highest BCUT2D eigenvalue weighted by atomic mass is 35.5. The summed E-state index contributed by atoms with van der Waals surface area (Å²) >= 11 is 6.08. The Morgan fingerprint density at radius 1 is 1.50 bits per heavy atom. The number of benzene rings is 1. The van der Waals surface area contributed by atoms with Gasteiger partial charge in [-0.15, -0.1) is 0 Å². The summed E-state index contributed by atoms with van der Waals surface area (Å²) in [5.41, 5.74) is 2.82. The van der Waals surface area contributed by atoms with Crippen LogP contribution in [0.4, 0.5) is 0 Å². The number of aromatic hydroxyl groups is 1. The lowest BCUT2D eigenvalue weighted by Crippen LogP contribution is -2.35. The van der Waals surface area contributed by atoms with Crippen LogP contribution in [0.1, 0.15) is 29.2 Å². The molecule has 1 fully saturated rings. The molecule has 1 atom stereocenters.